The first-order valence-corrected chi connectivity index (χ1v) is 10.7. The Morgan fingerprint density at radius 1 is 0.939 bits per heavy atom. The van der Waals surface area contributed by atoms with Gasteiger partial charge in [-0.05, 0) is 41.1 Å². The van der Waals surface area contributed by atoms with Crippen LogP contribution in [0.3, 0.4) is 0 Å². The summed E-state index contributed by atoms with van der Waals surface area (Å²) in [7, 11) is 6.55. The minimum Gasteiger partial charge on any atom is -0.493 e. The number of esters is 1. The van der Waals surface area contributed by atoms with E-state index in [0.717, 1.165) is 33.3 Å². The summed E-state index contributed by atoms with van der Waals surface area (Å²) in [6.07, 6.45) is 1.79. The van der Waals surface area contributed by atoms with Crippen LogP contribution >= 0.6 is 0 Å². The Labute approximate surface area is 193 Å². The second-order valence-electron chi connectivity index (χ2n) is 7.67. The van der Waals surface area contributed by atoms with Gasteiger partial charge in [0.15, 0.2) is 11.5 Å². The minimum atomic E-state index is -0.331. The van der Waals surface area contributed by atoms with E-state index >= 15 is 0 Å². The average Bonchev–Trinajstić information content (AvgIpc) is 3.22. The maximum Gasteiger partial charge on any atom is 0.339 e. The van der Waals surface area contributed by atoms with E-state index < -0.39 is 0 Å². The molecule has 0 bridgehead atoms. The number of anilines is 1. The molecule has 0 fully saturated rings. The van der Waals surface area contributed by atoms with Crippen molar-refractivity contribution < 1.29 is 28.5 Å². The lowest BCUT2D eigenvalue weighted by molar-refractivity contribution is 0.0535. The number of methoxy groups -OCH3 is 4. The van der Waals surface area contributed by atoms with Gasteiger partial charge in [-0.3, -0.25) is 0 Å². The van der Waals surface area contributed by atoms with Crippen LogP contribution in [0.2, 0.25) is 0 Å². The molecule has 1 aromatic heterocycles. The van der Waals surface area contributed by atoms with Crippen LogP contribution in [-0.4, -0.2) is 65.7 Å². The van der Waals surface area contributed by atoms with Gasteiger partial charge in [-0.1, -0.05) is 0 Å². The van der Waals surface area contributed by atoms with Crippen LogP contribution in [-0.2, 0) is 20.8 Å². The Morgan fingerprint density at radius 2 is 1.64 bits per heavy atom. The lowest BCUT2D eigenvalue weighted by atomic mass is 9.91. The van der Waals surface area contributed by atoms with E-state index in [9.17, 15) is 4.79 Å². The molecule has 8 nitrogen and oxygen atoms in total. The van der Waals surface area contributed by atoms with Crippen molar-refractivity contribution >= 4 is 22.6 Å². The molecular weight excluding hydrogens is 424 g/mol. The standard InChI is InChI=1S/C25H28N2O6/c1-29-9-7-27(8-10-30-2)22-6-5-16(14-26-22)23-19-13-21(32-4)20(31-3)12-17(19)11-18-15-33-25(28)24(18)23/h5-6,11-14H,7-10,15H2,1-4H3. The number of hydrogen-bond acceptors (Lipinski definition) is 8. The highest BCUT2D eigenvalue weighted by Gasteiger charge is 2.28. The van der Waals surface area contributed by atoms with E-state index in [0.29, 0.717) is 43.4 Å². The lowest BCUT2D eigenvalue weighted by Gasteiger charge is -2.23. The summed E-state index contributed by atoms with van der Waals surface area (Å²) in [5, 5.41) is 1.81. The predicted molar refractivity (Wildman–Crippen MR) is 125 cm³/mol. The largest absolute Gasteiger partial charge is 0.493 e. The molecule has 0 N–H and O–H groups in total. The van der Waals surface area contributed by atoms with Crippen molar-refractivity contribution in [3.63, 3.8) is 0 Å². The first kappa shape index (κ1) is 22.8. The zero-order valence-electron chi connectivity index (χ0n) is 19.3. The first-order valence-electron chi connectivity index (χ1n) is 10.7. The average molecular weight is 453 g/mol. The van der Waals surface area contributed by atoms with Crippen molar-refractivity contribution in [2.45, 2.75) is 6.61 Å². The third-order valence-corrected chi connectivity index (χ3v) is 5.78. The summed E-state index contributed by atoms with van der Waals surface area (Å²) in [5.74, 6) is 1.70. The van der Waals surface area contributed by atoms with Crippen molar-refractivity contribution in [2.75, 3.05) is 59.6 Å². The number of carbonyl (C=O) groups is 1. The molecule has 2 aromatic carbocycles. The van der Waals surface area contributed by atoms with Crippen LogP contribution < -0.4 is 14.4 Å². The van der Waals surface area contributed by atoms with Gasteiger partial charge >= 0.3 is 5.97 Å². The zero-order chi connectivity index (χ0) is 23.4. The number of fused-ring (bicyclic) bond motifs is 2. The molecule has 33 heavy (non-hydrogen) atoms. The van der Waals surface area contributed by atoms with Gasteiger partial charge in [0, 0.05) is 50.2 Å². The normalized spacial score (nSPS) is 12.5. The van der Waals surface area contributed by atoms with Crippen LogP contribution in [0, 0.1) is 0 Å². The summed E-state index contributed by atoms with van der Waals surface area (Å²) in [6.45, 7) is 2.80. The van der Waals surface area contributed by atoms with Gasteiger partial charge in [0.05, 0.1) is 33.0 Å². The molecule has 8 heteroatoms. The predicted octanol–water partition coefficient (Wildman–Crippen LogP) is 3.69. The molecular formula is C25H28N2O6. The molecule has 0 spiro atoms. The Balaban J connectivity index is 1.83. The van der Waals surface area contributed by atoms with E-state index in [2.05, 4.69) is 4.90 Å². The van der Waals surface area contributed by atoms with Crippen molar-refractivity contribution in [1.82, 2.24) is 4.98 Å². The van der Waals surface area contributed by atoms with Gasteiger partial charge in [-0.15, -0.1) is 0 Å². The molecule has 0 saturated carbocycles. The topological polar surface area (TPSA) is 79.4 Å². The Morgan fingerprint density at radius 3 is 2.24 bits per heavy atom. The highest BCUT2D eigenvalue weighted by molar-refractivity contribution is 6.11. The maximum absolute atomic E-state index is 12.7. The van der Waals surface area contributed by atoms with Crippen molar-refractivity contribution in [3.05, 3.63) is 47.7 Å². The summed E-state index contributed by atoms with van der Waals surface area (Å²) in [4.78, 5) is 19.5. The quantitative estimate of drug-likeness (QED) is 0.431. The zero-order valence-corrected chi connectivity index (χ0v) is 19.3. The van der Waals surface area contributed by atoms with Crippen molar-refractivity contribution in [3.8, 4) is 22.6 Å². The fourth-order valence-corrected chi connectivity index (χ4v) is 4.11. The second-order valence-corrected chi connectivity index (χ2v) is 7.67. The van der Waals surface area contributed by atoms with E-state index in [1.165, 1.54) is 0 Å². The molecule has 1 aliphatic heterocycles. The molecule has 0 unspecified atom stereocenters. The highest BCUT2D eigenvalue weighted by Crippen LogP contribution is 2.42. The number of ether oxygens (including phenoxy) is 5. The van der Waals surface area contributed by atoms with E-state index in [4.69, 9.17) is 28.7 Å². The first-order chi connectivity index (χ1) is 16.1. The molecule has 0 amide bonds. The third kappa shape index (κ3) is 4.44. The van der Waals surface area contributed by atoms with Crippen molar-refractivity contribution in [1.29, 1.82) is 0 Å². The summed E-state index contributed by atoms with van der Waals surface area (Å²) in [6, 6.07) is 9.71. The number of rotatable bonds is 10. The van der Waals surface area contributed by atoms with Gasteiger partial charge in [0.2, 0.25) is 0 Å². The number of aromatic nitrogens is 1. The molecule has 0 aliphatic carbocycles. The van der Waals surface area contributed by atoms with Gasteiger partial charge in [0.25, 0.3) is 0 Å². The van der Waals surface area contributed by atoms with Crippen LogP contribution in [0.15, 0.2) is 36.5 Å². The summed E-state index contributed by atoms with van der Waals surface area (Å²) in [5.41, 5.74) is 3.02. The number of nitrogens with zero attached hydrogens (tertiary/aromatic N) is 2. The third-order valence-electron chi connectivity index (χ3n) is 5.78. The Hall–Kier alpha value is -3.36. The number of carbonyl (C=O) groups excluding carboxylic acids is 1. The van der Waals surface area contributed by atoms with E-state index in [1.807, 2.05) is 30.3 Å². The van der Waals surface area contributed by atoms with Gasteiger partial charge in [-0.2, -0.15) is 0 Å². The SMILES string of the molecule is COCCN(CCOC)c1ccc(-c2c3c(cc4cc(OC)c(OC)cc24)COC3=O)cn1. The number of hydrogen-bond donors (Lipinski definition) is 0. The van der Waals surface area contributed by atoms with E-state index in [1.54, 1.807) is 34.6 Å². The van der Waals surface area contributed by atoms with Crippen LogP contribution in [0.1, 0.15) is 15.9 Å². The van der Waals surface area contributed by atoms with Gasteiger partial charge < -0.3 is 28.6 Å². The van der Waals surface area contributed by atoms with Crippen LogP contribution in [0.5, 0.6) is 11.5 Å². The van der Waals surface area contributed by atoms with Crippen molar-refractivity contribution in [2.24, 2.45) is 0 Å². The monoisotopic (exact) mass is 452 g/mol. The second kappa shape index (κ2) is 10.1. The maximum atomic E-state index is 12.7. The molecule has 0 radical (unpaired) electrons. The fraction of sp³-hybridized carbons (Fsp3) is 0.360. The Bertz CT molecular complexity index is 1140. The molecule has 3 aromatic rings. The highest BCUT2D eigenvalue weighted by atomic mass is 16.5. The molecule has 0 saturated heterocycles. The van der Waals surface area contributed by atoms with Crippen LogP contribution in [0.25, 0.3) is 21.9 Å². The lowest BCUT2D eigenvalue weighted by Crippen LogP contribution is -2.31. The fourth-order valence-electron chi connectivity index (χ4n) is 4.11. The summed E-state index contributed by atoms with van der Waals surface area (Å²) >= 11 is 0. The molecule has 0 atom stereocenters. The van der Waals surface area contributed by atoms with Gasteiger partial charge in [-0.25, -0.2) is 9.78 Å². The molecule has 4 rings (SSSR count). The number of cyclic esters (lactones) is 1. The Kier molecular flexibility index (Phi) is 6.96. The number of pyridine rings is 1. The van der Waals surface area contributed by atoms with Crippen LogP contribution in [0.4, 0.5) is 5.82 Å². The summed E-state index contributed by atoms with van der Waals surface area (Å²) < 4.78 is 26.8. The smallest absolute Gasteiger partial charge is 0.339 e. The number of benzene rings is 2. The molecule has 1 aliphatic rings. The minimum absolute atomic E-state index is 0.249. The van der Waals surface area contributed by atoms with E-state index in [-0.39, 0.29) is 12.6 Å². The molecule has 2 heterocycles. The van der Waals surface area contributed by atoms with Gasteiger partial charge in [0.1, 0.15) is 12.4 Å². The molecule has 174 valence electrons.